The molecule has 1 N–H and O–H groups in total. The number of benzene rings is 8. The summed E-state index contributed by atoms with van der Waals surface area (Å²) >= 11 is 1.63. The van der Waals surface area contributed by atoms with Gasteiger partial charge in [-0.05, 0) is 105 Å². The normalized spacial score (nSPS) is 13.4. The van der Waals surface area contributed by atoms with Gasteiger partial charge >= 0.3 is 0 Å². The molecule has 56 heavy (non-hydrogen) atoms. The maximum Gasteiger partial charge on any atom is 0.0867 e. The van der Waals surface area contributed by atoms with Gasteiger partial charge in [0.25, 0.3) is 0 Å². The zero-order chi connectivity index (χ0) is 37.8. The number of hydrogen-bond acceptors (Lipinski definition) is 3. The van der Waals surface area contributed by atoms with Crippen LogP contribution in [0.5, 0.6) is 0 Å². The van der Waals surface area contributed by atoms with Crippen molar-refractivity contribution in [1.29, 1.82) is 5.41 Å². The molecule has 0 aliphatic carbocycles. The van der Waals surface area contributed by atoms with E-state index in [2.05, 4.69) is 177 Å². The number of hydrogen-bond donors (Lipinski definition) is 1. The first-order valence-electron chi connectivity index (χ1n) is 18.9. The summed E-state index contributed by atoms with van der Waals surface area (Å²) in [5.74, 6) is 0. The molecule has 0 saturated heterocycles. The van der Waals surface area contributed by atoms with Gasteiger partial charge in [-0.3, -0.25) is 10.4 Å². The Bertz CT molecular complexity index is 2710. The molecule has 266 valence electrons. The molecular formula is C53H38N2S. The number of allylic oxidation sites excluding steroid dienone is 1. The smallest absolute Gasteiger partial charge is 0.0867 e. The zero-order valence-corrected chi connectivity index (χ0v) is 31.8. The predicted molar refractivity (Wildman–Crippen MR) is 238 cm³/mol. The Morgan fingerprint density at radius 1 is 0.393 bits per heavy atom. The van der Waals surface area contributed by atoms with Crippen LogP contribution >= 0.6 is 11.8 Å². The van der Waals surface area contributed by atoms with Gasteiger partial charge in [0.05, 0.1) is 16.3 Å². The van der Waals surface area contributed by atoms with Crippen molar-refractivity contribution < 1.29 is 0 Å². The number of aliphatic imine (C=N–C) groups is 1. The van der Waals surface area contributed by atoms with E-state index in [4.69, 9.17) is 4.99 Å². The second-order valence-electron chi connectivity index (χ2n) is 14.0. The van der Waals surface area contributed by atoms with E-state index in [1.165, 1.54) is 22.3 Å². The largest absolute Gasteiger partial charge is 0.299 e. The minimum absolute atomic E-state index is 0.505. The highest BCUT2D eigenvalue weighted by Crippen LogP contribution is 2.45. The third-order valence-corrected chi connectivity index (χ3v) is 11.5. The second kappa shape index (κ2) is 15.5. The fourth-order valence-corrected chi connectivity index (χ4v) is 8.46. The van der Waals surface area contributed by atoms with Crippen molar-refractivity contribution in [2.24, 2.45) is 4.99 Å². The minimum Gasteiger partial charge on any atom is -0.299 e. The van der Waals surface area contributed by atoms with Crippen molar-refractivity contribution in [3.8, 4) is 55.6 Å². The number of rotatable bonds is 8. The molecule has 0 aromatic heterocycles. The Kier molecular flexibility index (Phi) is 9.67. The van der Waals surface area contributed by atoms with Gasteiger partial charge in [-0.15, -0.1) is 0 Å². The molecule has 0 radical (unpaired) electrons. The van der Waals surface area contributed by atoms with E-state index in [1.807, 2.05) is 36.4 Å². The lowest BCUT2D eigenvalue weighted by Gasteiger charge is -2.15. The van der Waals surface area contributed by atoms with Crippen molar-refractivity contribution in [2.75, 3.05) is 0 Å². The first-order chi connectivity index (χ1) is 27.6. The van der Waals surface area contributed by atoms with Crippen molar-refractivity contribution in [2.45, 2.75) is 11.8 Å². The van der Waals surface area contributed by atoms with E-state index in [9.17, 15) is 5.41 Å². The molecule has 0 atom stereocenters. The van der Waals surface area contributed by atoms with E-state index < -0.39 is 0 Å². The summed E-state index contributed by atoms with van der Waals surface area (Å²) in [7, 11) is 0. The maximum absolute atomic E-state index is 9.40. The first-order valence-corrected chi connectivity index (χ1v) is 19.7. The van der Waals surface area contributed by atoms with Crippen LogP contribution in [0.4, 0.5) is 0 Å². The monoisotopic (exact) mass is 734 g/mol. The van der Waals surface area contributed by atoms with Gasteiger partial charge in [-0.2, -0.15) is 0 Å². The quantitative estimate of drug-likeness (QED) is 0.155. The molecule has 0 saturated carbocycles. The average molecular weight is 735 g/mol. The van der Waals surface area contributed by atoms with Crippen LogP contribution in [0.25, 0.3) is 61.3 Å². The SMILES string of the molecule is CC(=N/C(=C1/Sc2ccccc2C1=N)c1cc(-c2ccccc2)cc(-c2ccccc2)c1)c1cccc(-c2cccc(-c3ccc(-c4ccccc4)cc3)c2)c1. The molecule has 8 aromatic rings. The summed E-state index contributed by atoms with van der Waals surface area (Å²) in [6.07, 6.45) is 0. The fraction of sp³-hybridized carbons (Fsp3) is 0.0189. The van der Waals surface area contributed by atoms with Crippen LogP contribution in [-0.2, 0) is 0 Å². The van der Waals surface area contributed by atoms with Gasteiger partial charge in [0.2, 0.25) is 0 Å². The van der Waals surface area contributed by atoms with Crippen LogP contribution in [0.1, 0.15) is 23.6 Å². The summed E-state index contributed by atoms with van der Waals surface area (Å²) < 4.78 is 0. The molecule has 1 aliphatic rings. The number of nitrogens with zero attached hydrogens (tertiary/aromatic N) is 1. The third-order valence-electron chi connectivity index (χ3n) is 10.3. The lowest BCUT2D eigenvalue weighted by Crippen LogP contribution is -2.02. The van der Waals surface area contributed by atoms with E-state index in [0.29, 0.717) is 5.71 Å². The fourth-order valence-electron chi connectivity index (χ4n) is 7.34. The van der Waals surface area contributed by atoms with Gasteiger partial charge in [0.15, 0.2) is 0 Å². The summed E-state index contributed by atoms with van der Waals surface area (Å²) in [5, 5.41) is 9.40. The summed E-state index contributed by atoms with van der Waals surface area (Å²) in [4.78, 5) is 7.41. The standard InChI is InChI=1S/C53H38N2S/c1-36(42-21-13-23-44(31-42)45-24-14-22-43(32-45)41-29-27-40(28-30-41)37-15-5-2-6-16-37)55-52(53-51(54)49-25-11-12-26-50(49)56-53)48-34-46(38-17-7-3-8-18-38)33-47(35-48)39-19-9-4-10-20-39/h2-35,54H,1H3/b53-52+,54-51?,55-36?. The lowest BCUT2D eigenvalue weighted by atomic mass is 9.94. The molecule has 0 unspecified atom stereocenters. The Morgan fingerprint density at radius 2 is 0.804 bits per heavy atom. The zero-order valence-electron chi connectivity index (χ0n) is 31.0. The van der Waals surface area contributed by atoms with Crippen molar-refractivity contribution in [1.82, 2.24) is 0 Å². The van der Waals surface area contributed by atoms with Crippen LogP contribution in [-0.4, -0.2) is 11.4 Å². The average Bonchev–Trinajstić information content (AvgIpc) is 3.61. The van der Waals surface area contributed by atoms with Crippen molar-refractivity contribution in [3.05, 3.63) is 228 Å². The molecule has 0 amide bonds. The van der Waals surface area contributed by atoms with Crippen LogP contribution in [0.3, 0.4) is 0 Å². The molecule has 0 bridgehead atoms. The highest BCUT2D eigenvalue weighted by atomic mass is 32.2. The third kappa shape index (κ3) is 7.21. The molecule has 8 aromatic carbocycles. The summed E-state index contributed by atoms with van der Waals surface area (Å²) in [6.45, 7) is 2.08. The van der Waals surface area contributed by atoms with E-state index in [1.54, 1.807) is 11.8 Å². The van der Waals surface area contributed by atoms with Crippen molar-refractivity contribution in [3.63, 3.8) is 0 Å². The van der Waals surface area contributed by atoms with E-state index in [-0.39, 0.29) is 0 Å². The first kappa shape index (κ1) is 34.9. The molecule has 0 fully saturated rings. The predicted octanol–water partition coefficient (Wildman–Crippen LogP) is 14.4. The Balaban J connectivity index is 1.12. The lowest BCUT2D eigenvalue weighted by molar-refractivity contribution is 1.40. The maximum atomic E-state index is 9.40. The van der Waals surface area contributed by atoms with Gasteiger partial charge < -0.3 is 0 Å². The molecular weight excluding hydrogens is 697 g/mol. The van der Waals surface area contributed by atoms with Crippen molar-refractivity contribution >= 4 is 28.9 Å². The Hall–Kier alpha value is -6.81. The molecule has 1 heterocycles. The summed E-state index contributed by atoms with van der Waals surface area (Å²) in [6, 6.07) is 72.6. The van der Waals surface area contributed by atoms with Gasteiger partial charge in [0, 0.05) is 21.7 Å². The van der Waals surface area contributed by atoms with Gasteiger partial charge in [-0.25, -0.2) is 0 Å². The van der Waals surface area contributed by atoms with Gasteiger partial charge in [0.1, 0.15) is 0 Å². The number of fused-ring (bicyclic) bond motifs is 1. The molecule has 1 aliphatic heterocycles. The highest BCUT2D eigenvalue weighted by Gasteiger charge is 2.27. The summed E-state index contributed by atoms with van der Waals surface area (Å²) in [5.41, 5.74) is 16.7. The van der Waals surface area contributed by atoms with Crippen LogP contribution in [0.15, 0.2) is 221 Å². The molecule has 2 nitrogen and oxygen atoms in total. The molecule has 3 heteroatoms. The minimum atomic E-state index is 0.505. The Morgan fingerprint density at radius 3 is 1.39 bits per heavy atom. The van der Waals surface area contributed by atoms with E-state index in [0.717, 1.165) is 71.3 Å². The van der Waals surface area contributed by atoms with Crippen LogP contribution in [0, 0.1) is 5.41 Å². The molecule has 9 rings (SSSR count). The van der Waals surface area contributed by atoms with Gasteiger partial charge in [-0.1, -0.05) is 182 Å². The topological polar surface area (TPSA) is 36.2 Å². The second-order valence-corrected chi connectivity index (χ2v) is 15.0. The van der Waals surface area contributed by atoms with E-state index >= 15 is 0 Å². The molecule has 0 spiro atoms. The van der Waals surface area contributed by atoms with Crippen LogP contribution in [0.2, 0.25) is 0 Å². The Labute approximate surface area is 333 Å². The van der Waals surface area contributed by atoms with Crippen LogP contribution < -0.4 is 0 Å². The number of nitrogens with one attached hydrogen (secondary N) is 1. The number of thioether (sulfide) groups is 1. The highest BCUT2D eigenvalue weighted by molar-refractivity contribution is 8.05.